The van der Waals surface area contributed by atoms with Crippen molar-refractivity contribution in [3.63, 3.8) is 0 Å². The Hall–Kier alpha value is -2.27. The number of nitrogens with zero attached hydrogens (tertiary/aromatic N) is 1. The second-order valence-corrected chi connectivity index (χ2v) is 4.95. The van der Waals surface area contributed by atoms with Crippen molar-refractivity contribution < 1.29 is 9.53 Å². The molecule has 1 heterocycles. The molecule has 5 heteroatoms. The van der Waals surface area contributed by atoms with E-state index in [-0.39, 0.29) is 12.4 Å². The van der Waals surface area contributed by atoms with Crippen LogP contribution < -0.4 is 5.32 Å². The first-order valence-electron chi connectivity index (χ1n) is 6.49. The molecule has 0 amide bonds. The molecule has 0 aliphatic rings. The second kappa shape index (κ2) is 6.95. The number of hydrogen-bond donors (Lipinski definition) is 1. The van der Waals surface area contributed by atoms with Crippen molar-refractivity contribution in [1.29, 1.82) is 0 Å². The van der Waals surface area contributed by atoms with Gasteiger partial charge in [0.15, 0.2) is 0 Å². The molecule has 0 aliphatic carbocycles. The number of pyridine rings is 1. The van der Waals surface area contributed by atoms with E-state index >= 15 is 0 Å². The zero-order chi connectivity index (χ0) is 15.2. The van der Waals surface area contributed by atoms with E-state index in [1.54, 1.807) is 6.20 Å². The van der Waals surface area contributed by atoms with E-state index in [0.717, 1.165) is 22.5 Å². The Labute approximate surface area is 129 Å². The summed E-state index contributed by atoms with van der Waals surface area (Å²) in [5.41, 5.74) is 3.57. The van der Waals surface area contributed by atoms with Gasteiger partial charge >= 0.3 is 5.97 Å². The lowest BCUT2D eigenvalue weighted by Crippen LogP contribution is -2.12. The predicted octanol–water partition coefficient (Wildman–Crippen LogP) is 2.89. The summed E-state index contributed by atoms with van der Waals surface area (Å²) in [7, 11) is 1.38. The second-order valence-electron chi connectivity index (χ2n) is 4.54. The van der Waals surface area contributed by atoms with Gasteiger partial charge in [0.2, 0.25) is 0 Å². The van der Waals surface area contributed by atoms with Crippen molar-refractivity contribution in [2.75, 3.05) is 12.4 Å². The number of benzene rings is 1. The summed E-state index contributed by atoms with van der Waals surface area (Å²) in [6.07, 6.45) is 2.01. The molecule has 0 aliphatic heterocycles. The van der Waals surface area contributed by atoms with Crippen LogP contribution >= 0.6 is 12.2 Å². The van der Waals surface area contributed by atoms with Crippen molar-refractivity contribution in [1.82, 2.24) is 4.98 Å². The Morgan fingerprint density at radius 2 is 2.00 bits per heavy atom. The monoisotopic (exact) mass is 300 g/mol. The topological polar surface area (TPSA) is 51.2 Å². The molecule has 0 saturated carbocycles. The van der Waals surface area contributed by atoms with Crippen LogP contribution in [0, 0.1) is 6.92 Å². The maximum absolute atomic E-state index is 11.2. The van der Waals surface area contributed by atoms with Crippen LogP contribution in [0.2, 0.25) is 0 Å². The van der Waals surface area contributed by atoms with E-state index in [1.807, 2.05) is 43.3 Å². The van der Waals surface area contributed by atoms with Gasteiger partial charge in [-0.3, -0.25) is 9.78 Å². The van der Waals surface area contributed by atoms with Gasteiger partial charge in [-0.05, 0) is 36.8 Å². The standard InChI is InChI=1S/C16H16N2O2S/c1-11-14(4-3-9-17-11)16(21)18-13-7-5-12(6-8-13)10-15(19)20-2/h3-9H,10H2,1-2H3,(H,18,21). The third-order valence-electron chi connectivity index (χ3n) is 3.04. The molecule has 108 valence electrons. The van der Waals surface area contributed by atoms with Gasteiger partial charge in [0, 0.05) is 23.1 Å². The van der Waals surface area contributed by atoms with Gasteiger partial charge in [-0.2, -0.15) is 0 Å². The van der Waals surface area contributed by atoms with Gasteiger partial charge in [-0.25, -0.2) is 0 Å². The van der Waals surface area contributed by atoms with Gasteiger partial charge in [-0.15, -0.1) is 0 Å². The van der Waals surface area contributed by atoms with Crippen LogP contribution in [0.25, 0.3) is 0 Å². The van der Waals surface area contributed by atoms with Crippen LogP contribution in [-0.4, -0.2) is 23.1 Å². The van der Waals surface area contributed by atoms with Crippen molar-refractivity contribution in [2.24, 2.45) is 0 Å². The van der Waals surface area contributed by atoms with E-state index in [0.29, 0.717) is 4.99 Å². The molecule has 0 atom stereocenters. The Bertz CT molecular complexity index is 654. The van der Waals surface area contributed by atoms with Crippen LogP contribution in [0.3, 0.4) is 0 Å². The summed E-state index contributed by atoms with van der Waals surface area (Å²) in [4.78, 5) is 16.0. The number of aromatic nitrogens is 1. The molecule has 0 bridgehead atoms. The van der Waals surface area contributed by atoms with Crippen LogP contribution in [0.5, 0.6) is 0 Å². The van der Waals surface area contributed by atoms with E-state index in [9.17, 15) is 4.79 Å². The maximum Gasteiger partial charge on any atom is 0.309 e. The number of carbonyl (C=O) groups excluding carboxylic acids is 1. The zero-order valence-electron chi connectivity index (χ0n) is 11.9. The van der Waals surface area contributed by atoms with E-state index < -0.39 is 0 Å². The molecule has 21 heavy (non-hydrogen) atoms. The summed E-state index contributed by atoms with van der Waals surface area (Å²) >= 11 is 5.39. The number of hydrogen-bond acceptors (Lipinski definition) is 4. The summed E-state index contributed by atoms with van der Waals surface area (Å²) in [5.74, 6) is -0.253. The van der Waals surface area contributed by atoms with Gasteiger partial charge < -0.3 is 10.1 Å². The Morgan fingerprint density at radius 1 is 1.29 bits per heavy atom. The highest BCUT2D eigenvalue weighted by atomic mass is 32.1. The smallest absolute Gasteiger partial charge is 0.309 e. The van der Waals surface area contributed by atoms with Crippen LogP contribution in [0.1, 0.15) is 16.8 Å². The van der Waals surface area contributed by atoms with Gasteiger partial charge in [-0.1, -0.05) is 24.4 Å². The number of esters is 1. The molecule has 0 unspecified atom stereocenters. The molecule has 2 aromatic rings. The first kappa shape index (κ1) is 15.1. The lowest BCUT2D eigenvalue weighted by Gasteiger charge is -2.10. The minimum absolute atomic E-state index is 0.253. The average Bonchev–Trinajstić information content (AvgIpc) is 2.49. The molecular weight excluding hydrogens is 284 g/mol. The molecule has 1 aromatic heterocycles. The van der Waals surface area contributed by atoms with Gasteiger partial charge in [0.1, 0.15) is 4.99 Å². The lowest BCUT2D eigenvalue weighted by molar-refractivity contribution is -0.139. The summed E-state index contributed by atoms with van der Waals surface area (Å²) < 4.78 is 4.64. The van der Waals surface area contributed by atoms with Crippen molar-refractivity contribution in [3.8, 4) is 0 Å². The predicted molar refractivity (Wildman–Crippen MR) is 86.5 cm³/mol. The van der Waals surface area contributed by atoms with Crippen LogP contribution in [0.4, 0.5) is 5.69 Å². The highest BCUT2D eigenvalue weighted by Gasteiger charge is 2.06. The largest absolute Gasteiger partial charge is 0.469 e. The van der Waals surface area contributed by atoms with E-state index in [4.69, 9.17) is 12.2 Å². The average molecular weight is 300 g/mol. The first-order valence-corrected chi connectivity index (χ1v) is 6.89. The molecule has 1 aromatic carbocycles. The molecule has 0 fully saturated rings. The minimum atomic E-state index is -0.253. The summed E-state index contributed by atoms with van der Waals surface area (Å²) in [6, 6.07) is 11.3. The quantitative estimate of drug-likeness (QED) is 0.695. The molecule has 2 rings (SSSR count). The molecule has 0 saturated heterocycles. The third kappa shape index (κ3) is 4.10. The molecule has 0 radical (unpaired) electrons. The number of ether oxygens (including phenoxy) is 1. The SMILES string of the molecule is COC(=O)Cc1ccc(NC(=S)c2cccnc2C)cc1. The number of thiocarbonyl (C=S) groups is 1. The van der Waals surface area contributed by atoms with Crippen LogP contribution in [-0.2, 0) is 16.0 Å². The summed E-state index contributed by atoms with van der Waals surface area (Å²) in [5, 5.41) is 3.17. The lowest BCUT2D eigenvalue weighted by atomic mass is 10.1. The van der Waals surface area contributed by atoms with Crippen molar-refractivity contribution in [2.45, 2.75) is 13.3 Å². The number of carbonyl (C=O) groups is 1. The fourth-order valence-electron chi connectivity index (χ4n) is 1.87. The third-order valence-corrected chi connectivity index (χ3v) is 3.36. The number of methoxy groups -OCH3 is 1. The number of anilines is 1. The summed E-state index contributed by atoms with van der Waals surface area (Å²) in [6.45, 7) is 1.92. The first-order chi connectivity index (χ1) is 10.1. The Balaban J connectivity index is 2.05. The number of rotatable bonds is 4. The van der Waals surface area contributed by atoms with Gasteiger partial charge in [0.05, 0.1) is 13.5 Å². The maximum atomic E-state index is 11.2. The van der Waals surface area contributed by atoms with Crippen LogP contribution in [0.15, 0.2) is 42.6 Å². The highest BCUT2D eigenvalue weighted by Crippen LogP contribution is 2.13. The molecule has 4 nitrogen and oxygen atoms in total. The molecule has 0 spiro atoms. The van der Waals surface area contributed by atoms with Crippen molar-refractivity contribution >= 4 is 28.9 Å². The highest BCUT2D eigenvalue weighted by molar-refractivity contribution is 7.81. The zero-order valence-corrected chi connectivity index (χ0v) is 12.7. The van der Waals surface area contributed by atoms with Crippen molar-refractivity contribution in [3.05, 3.63) is 59.4 Å². The van der Waals surface area contributed by atoms with E-state index in [2.05, 4.69) is 15.0 Å². The number of nitrogens with one attached hydrogen (secondary N) is 1. The fourth-order valence-corrected chi connectivity index (χ4v) is 2.20. The minimum Gasteiger partial charge on any atom is -0.469 e. The molecule has 1 N–H and O–H groups in total. The van der Waals surface area contributed by atoms with Gasteiger partial charge in [0.25, 0.3) is 0 Å². The Morgan fingerprint density at radius 3 is 2.62 bits per heavy atom. The normalized spacial score (nSPS) is 10.0. The Kier molecular flexibility index (Phi) is 5.00. The van der Waals surface area contributed by atoms with E-state index in [1.165, 1.54) is 7.11 Å². The number of aryl methyl sites for hydroxylation is 1. The fraction of sp³-hybridized carbons (Fsp3) is 0.188. The molecular formula is C16H16N2O2S.